The molecule has 2 N–H and O–H groups in total. The van der Waals surface area contributed by atoms with Gasteiger partial charge in [0, 0.05) is 32.6 Å². The number of rotatable bonds is 6. The maximum atomic E-state index is 4.47. The zero-order valence-corrected chi connectivity index (χ0v) is 16.8. The van der Waals surface area contributed by atoms with Crippen molar-refractivity contribution in [3.8, 4) is 0 Å². The van der Waals surface area contributed by atoms with E-state index in [4.69, 9.17) is 0 Å². The van der Waals surface area contributed by atoms with Gasteiger partial charge in [0.25, 0.3) is 0 Å². The molecule has 0 amide bonds. The molecule has 0 bridgehead atoms. The summed E-state index contributed by atoms with van der Waals surface area (Å²) < 4.78 is 0. The van der Waals surface area contributed by atoms with Gasteiger partial charge in [0.1, 0.15) is 12.2 Å². The van der Waals surface area contributed by atoms with Crippen LogP contribution in [0.5, 0.6) is 0 Å². The molecule has 2 aromatic rings. The summed E-state index contributed by atoms with van der Waals surface area (Å²) in [4.78, 5) is 11.1. The first kappa shape index (κ1) is 19.4. The highest BCUT2D eigenvalue weighted by Gasteiger charge is 2.24. The summed E-state index contributed by atoms with van der Waals surface area (Å²) in [5.41, 5.74) is 2.81. The third kappa shape index (κ3) is 5.31. The van der Waals surface area contributed by atoms with Crippen LogP contribution in [0.4, 0.5) is 0 Å². The molecule has 0 saturated carbocycles. The number of aryl methyl sites for hydroxylation is 1. The van der Waals surface area contributed by atoms with Crippen molar-refractivity contribution in [2.75, 3.05) is 26.7 Å². The highest BCUT2D eigenvalue weighted by Crippen LogP contribution is 2.24. The molecule has 1 saturated heterocycles. The van der Waals surface area contributed by atoms with Gasteiger partial charge in [-0.15, -0.1) is 0 Å². The normalized spacial score (nSPS) is 16.1. The average Bonchev–Trinajstić information content (AvgIpc) is 3.23. The lowest BCUT2D eigenvalue weighted by molar-refractivity contribution is 0.299. The Kier molecular flexibility index (Phi) is 6.85. The SMILES string of the molecule is CN=C(NCCCc1ccc(C(C)C)cc1)N1CCC(c2ncn[nH]2)CC1. The van der Waals surface area contributed by atoms with Crippen LogP contribution >= 0.6 is 0 Å². The zero-order chi connectivity index (χ0) is 19.1. The summed E-state index contributed by atoms with van der Waals surface area (Å²) >= 11 is 0. The third-order valence-electron chi connectivity index (χ3n) is 5.40. The van der Waals surface area contributed by atoms with Crippen LogP contribution in [0.2, 0.25) is 0 Å². The van der Waals surface area contributed by atoms with E-state index in [1.165, 1.54) is 11.1 Å². The van der Waals surface area contributed by atoms with Gasteiger partial charge in [-0.1, -0.05) is 38.1 Å². The van der Waals surface area contributed by atoms with Gasteiger partial charge in [-0.2, -0.15) is 5.10 Å². The maximum Gasteiger partial charge on any atom is 0.193 e. The maximum absolute atomic E-state index is 4.47. The second kappa shape index (κ2) is 9.53. The van der Waals surface area contributed by atoms with E-state index in [2.05, 4.69) is 68.5 Å². The smallest absolute Gasteiger partial charge is 0.193 e. The van der Waals surface area contributed by atoms with Crippen LogP contribution in [-0.2, 0) is 6.42 Å². The van der Waals surface area contributed by atoms with E-state index < -0.39 is 0 Å². The van der Waals surface area contributed by atoms with Crippen molar-refractivity contribution in [2.24, 2.45) is 4.99 Å². The molecule has 0 spiro atoms. The first-order valence-corrected chi connectivity index (χ1v) is 10.1. The summed E-state index contributed by atoms with van der Waals surface area (Å²) in [7, 11) is 1.87. The summed E-state index contributed by atoms with van der Waals surface area (Å²) in [6.45, 7) is 7.42. The second-order valence-electron chi connectivity index (χ2n) is 7.61. The molecule has 1 aliphatic rings. The average molecular weight is 369 g/mol. The molecule has 0 unspecified atom stereocenters. The summed E-state index contributed by atoms with van der Waals surface area (Å²) in [5.74, 6) is 3.11. The van der Waals surface area contributed by atoms with Gasteiger partial charge in [-0.05, 0) is 42.7 Å². The topological polar surface area (TPSA) is 69.2 Å². The lowest BCUT2D eigenvalue weighted by atomic mass is 9.96. The van der Waals surface area contributed by atoms with E-state index in [1.807, 2.05) is 7.05 Å². The summed E-state index contributed by atoms with van der Waals surface area (Å²) in [6, 6.07) is 9.03. The van der Waals surface area contributed by atoms with E-state index >= 15 is 0 Å². The number of hydrogen-bond donors (Lipinski definition) is 2. The fourth-order valence-electron chi connectivity index (χ4n) is 3.67. The molecule has 27 heavy (non-hydrogen) atoms. The van der Waals surface area contributed by atoms with Crippen molar-refractivity contribution in [2.45, 2.75) is 51.4 Å². The second-order valence-corrected chi connectivity index (χ2v) is 7.61. The number of guanidine groups is 1. The van der Waals surface area contributed by atoms with Crippen LogP contribution in [0, 0.1) is 0 Å². The molecule has 6 nitrogen and oxygen atoms in total. The molecular formula is C21H32N6. The fraction of sp³-hybridized carbons (Fsp3) is 0.571. The monoisotopic (exact) mass is 368 g/mol. The van der Waals surface area contributed by atoms with E-state index in [0.717, 1.165) is 57.1 Å². The Morgan fingerprint density at radius 2 is 2.00 bits per heavy atom. The van der Waals surface area contributed by atoms with Crippen LogP contribution in [0.3, 0.4) is 0 Å². The van der Waals surface area contributed by atoms with Gasteiger partial charge in [-0.3, -0.25) is 10.1 Å². The van der Waals surface area contributed by atoms with Gasteiger partial charge in [0.2, 0.25) is 0 Å². The Morgan fingerprint density at radius 1 is 1.26 bits per heavy atom. The van der Waals surface area contributed by atoms with Crippen LogP contribution < -0.4 is 5.32 Å². The summed E-state index contributed by atoms with van der Waals surface area (Å²) in [6.07, 6.45) is 5.96. The van der Waals surface area contributed by atoms with E-state index in [1.54, 1.807) is 6.33 Å². The Labute approximate surface area is 162 Å². The molecule has 2 heterocycles. The molecule has 1 aliphatic heterocycles. The van der Waals surface area contributed by atoms with Crippen molar-refractivity contribution in [3.63, 3.8) is 0 Å². The van der Waals surface area contributed by atoms with Crippen molar-refractivity contribution >= 4 is 5.96 Å². The minimum absolute atomic E-state index is 0.482. The number of piperidine rings is 1. The molecule has 0 aliphatic carbocycles. The molecule has 6 heteroatoms. The van der Waals surface area contributed by atoms with E-state index in [0.29, 0.717) is 11.8 Å². The highest BCUT2D eigenvalue weighted by molar-refractivity contribution is 5.79. The van der Waals surface area contributed by atoms with Gasteiger partial charge < -0.3 is 10.2 Å². The molecule has 1 fully saturated rings. The number of aromatic amines is 1. The van der Waals surface area contributed by atoms with E-state index in [-0.39, 0.29) is 0 Å². The Bertz CT molecular complexity index is 697. The molecular weight excluding hydrogens is 336 g/mol. The number of likely N-dealkylation sites (tertiary alicyclic amines) is 1. The Balaban J connectivity index is 1.39. The number of nitrogens with zero attached hydrogens (tertiary/aromatic N) is 4. The minimum atomic E-state index is 0.482. The molecule has 0 radical (unpaired) electrons. The van der Waals surface area contributed by atoms with Crippen molar-refractivity contribution in [3.05, 3.63) is 47.5 Å². The highest BCUT2D eigenvalue weighted by atomic mass is 15.3. The quantitative estimate of drug-likeness (QED) is 0.466. The van der Waals surface area contributed by atoms with Gasteiger partial charge >= 0.3 is 0 Å². The predicted molar refractivity (Wildman–Crippen MR) is 110 cm³/mol. The van der Waals surface area contributed by atoms with Crippen LogP contribution in [0.15, 0.2) is 35.6 Å². The molecule has 1 aromatic heterocycles. The number of H-pyrrole nitrogens is 1. The summed E-state index contributed by atoms with van der Waals surface area (Å²) in [5, 5.41) is 10.5. The first-order chi connectivity index (χ1) is 13.2. The van der Waals surface area contributed by atoms with Crippen molar-refractivity contribution in [1.82, 2.24) is 25.4 Å². The van der Waals surface area contributed by atoms with E-state index in [9.17, 15) is 0 Å². The van der Waals surface area contributed by atoms with Crippen molar-refractivity contribution < 1.29 is 0 Å². The Hall–Kier alpha value is -2.37. The van der Waals surface area contributed by atoms with Crippen molar-refractivity contribution in [1.29, 1.82) is 0 Å². The van der Waals surface area contributed by atoms with Crippen LogP contribution in [-0.4, -0.2) is 52.7 Å². The number of aliphatic imine (C=N–C) groups is 1. The standard InChI is InChI=1S/C21H32N6/c1-16(2)18-8-6-17(7-9-18)5-4-12-23-21(22-3)27-13-10-19(11-14-27)20-24-15-25-26-20/h6-9,15-16,19H,4-5,10-14H2,1-3H3,(H,22,23)(H,24,25,26). The van der Waals surface area contributed by atoms with Gasteiger partial charge in [0.15, 0.2) is 5.96 Å². The molecule has 1 aromatic carbocycles. The minimum Gasteiger partial charge on any atom is -0.356 e. The van der Waals surface area contributed by atoms with Gasteiger partial charge in [-0.25, -0.2) is 4.98 Å². The lowest BCUT2D eigenvalue weighted by Gasteiger charge is -2.33. The number of nitrogens with one attached hydrogen (secondary N) is 2. The predicted octanol–water partition coefficient (Wildman–Crippen LogP) is 3.32. The number of benzene rings is 1. The zero-order valence-electron chi connectivity index (χ0n) is 16.8. The number of hydrogen-bond acceptors (Lipinski definition) is 3. The first-order valence-electron chi connectivity index (χ1n) is 10.1. The molecule has 146 valence electrons. The third-order valence-corrected chi connectivity index (χ3v) is 5.40. The largest absolute Gasteiger partial charge is 0.356 e. The van der Waals surface area contributed by atoms with Crippen LogP contribution in [0.25, 0.3) is 0 Å². The molecule has 3 rings (SSSR count). The number of aromatic nitrogens is 3. The lowest BCUT2D eigenvalue weighted by Crippen LogP contribution is -2.45. The molecule has 0 atom stereocenters. The fourth-order valence-corrected chi connectivity index (χ4v) is 3.67. The van der Waals surface area contributed by atoms with Crippen LogP contribution in [0.1, 0.15) is 61.9 Å². The Morgan fingerprint density at radius 3 is 2.59 bits per heavy atom. The van der Waals surface area contributed by atoms with Gasteiger partial charge in [0.05, 0.1) is 0 Å².